The molecule has 2 unspecified atom stereocenters. The molecule has 18 heavy (non-hydrogen) atoms. The molecule has 0 aliphatic carbocycles. The lowest BCUT2D eigenvalue weighted by Crippen LogP contribution is -2.34. The van der Waals surface area contributed by atoms with Crippen molar-refractivity contribution in [1.29, 1.82) is 0 Å². The molecule has 0 aromatic carbocycles. The minimum absolute atomic E-state index is 0.0383. The predicted molar refractivity (Wildman–Crippen MR) is 63.5 cm³/mol. The second kappa shape index (κ2) is 5.11. The van der Waals surface area contributed by atoms with E-state index in [1.54, 1.807) is 12.3 Å². The van der Waals surface area contributed by atoms with Crippen molar-refractivity contribution in [2.75, 3.05) is 6.54 Å². The van der Waals surface area contributed by atoms with Crippen molar-refractivity contribution < 1.29 is 15.0 Å². The molecule has 0 saturated carbocycles. The minimum atomic E-state index is -1.19. The van der Waals surface area contributed by atoms with Crippen molar-refractivity contribution >= 4 is 17.1 Å². The largest absolute Gasteiger partial charge is 0.388 e. The van der Waals surface area contributed by atoms with Crippen LogP contribution < -0.4 is 5.32 Å². The zero-order valence-electron chi connectivity index (χ0n) is 9.79. The van der Waals surface area contributed by atoms with Crippen molar-refractivity contribution in [3.8, 4) is 0 Å². The van der Waals surface area contributed by atoms with Gasteiger partial charge in [0.2, 0.25) is 5.91 Å². The maximum absolute atomic E-state index is 10.7. The molecule has 0 saturated heterocycles. The Balaban J connectivity index is 2.11. The van der Waals surface area contributed by atoms with E-state index in [1.165, 1.54) is 13.1 Å². The van der Waals surface area contributed by atoms with Gasteiger partial charge in [-0.3, -0.25) is 4.79 Å². The van der Waals surface area contributed by atoms with Gasteiger partial charge in [0.15, 0.2) is 5.65 Å². The van der Waals surface area contributed by atoms with E-state index in [1.807, 2.05) is 0 Å². The number of hydrogen-bond acceptors (Lipinski definition) is 5. The van der Waals surface area contributed by atoms with Gasteiger partial charge in [-0.2, -0.15) is 0 Å². The SMILES string of the molecule is CC(=O)NCC(O)C(O)c1cnc2[nH]ccc2n1. The molecule has 7 nitrogen and oxygen atoms in total. The Bertz CT molecular complexity index is 554. The highest BCUT2D eigenvalue weighted by atomic mass is 16.3. The van der Waals surface area contributed by atoms with Gasteiger partial charge < -0.3 is 20.5 Å². The lowest BCUT2D eigenvalue weighted by Gasteiger charge is -2.17. The zero-order chi connectivity index (χ0) is 13.1. The highest BCUT2D eigenvalue weighted by Gasteiger charge is 2.20. The smallest absolute Gasteiger partial charge is 0.216 e. The van der Waals surface area contributed by atoms with Crippen molar-refractivity contribution in [3.05, 3.63) is 24.2 Å². The van der Waals surface area contributed by atoms with Gasteiger partial charge in [0.1, 0.15) is 17.7 Å². The third kappa shape index (κ3) is 2.63. The average Bonchev–Trinajstić information content (AvgIpc) is 2.81. The van der Waals surface area contributed by atoms with Gasteiger partial charge >= 0.3 is 0 Å². The van der Waals surface area contributed by atoms with Crippen LogP contribution in [-0.4, -0.2) is 43.7 Å². The molecule has 2 rings (SSSR count). The Morgan fingerprint density at radius 1 is 1.56 bits per heavy atom. The Morgan fingerprint density at radius 3 is 3.06 bits per heavy atom. The molecule has 0 fully saturated rings. The van der Waals surface area contributed by atoms with Crippen LogP contribution in [0.1, 0.15) is 18.7 Å². The number of aliphatic hydroxyl groups is 2. The van der Waals surface area contributed by atoms with Crippen molar-refractivity contribution in [3.63, 3.8) is 0 Å². The maximum atomic E-state index is 10.7. The highest BCUT2D eigenvalue weighted by Crippen LogP contribution is 2.16. The highest BCUT2D eigenvalue weighted by molar-refractivity contribution is 5.72. The van der Waals surface area contributed by atoms with E-state index in [2.05, 4.69) is 20.3 Å². The Kier molecular flexibility index (Phi) is 3.54. The van der Waals surface area contributed by atoms with Gasteiger partial charge in [0, 0.05) is 19.7 Å². The van der Waals surface area contributed by atoms with Crippen molar-refractivity contribution in [2.45, 2.75) is 19.1 Å². The molecular formula is C11H14N4O3. The molecule has 96 valence electrons. The van der Waals surface area contributed by atoms with E-state index in [4.69, 9.17) is 0 Å². The summed E-state index contributed by atoms with van der Waals surface area (Å²) in [6.07, 6.45) is 0.762. The van der Waals surface area contributed by atoms with Crippen molar-refractivity contribution in [2.24, 2.45) is 0 Å². The van der Waals surface area contributed by atoms with E-state index in [0.29, 0.717) is 11.2 Å². The molecular weight excluding hydrogens is 236 g/mol. The summed E-state index contributed by atoms with van der Waals surface area (Å²) in [4.78, 5) is 21.8. The number of aliphatic hydroxyl groups excluding tert-OH is 2. The molecule has 1 amide bonds. The average molecular weight is 250 g/mol. The molecule has 0 spiro atoms. The summed E-state index contributed by atoms with van der Waals surface area (Å²) in [5, 5.41) is 22.0. The van der Waals surface area contributed by atoms with Gasteiger partial charge in [-0.25, -0.2) is 9.97 Å². The van der Waals surface area contributed by atoms with Crippen LogP contribution in [-0.2, 0) is 4.79 Å². The van der Waals surface area contributed by atoms with E-state index < -0.39 is 12.2 Å². The first-order valence-electron chi connectivity index (χ1n) is 5.48. The first-order chi connectivity index (χ1) is 8.58. The summed E-state index contributed by atoms with van der Waals surface area (Å²) in [6, 6.07) is 1.72. The number of carbonyl (C=O) groups excluding carboxylic acids is 1. The molecule has 2 atom stereocenters. The summed E-state index contributed by atoms with van der Waals surface area (Å²) < 4.78 is 0. The van der Waals surface area contributed by atoms with Crippen LogP contribution in [0.25, 0.3) is 11.2 Å². The summed E-state index contributed by atoms with van der Waals surface area (Å²) >= 11 is 0. The minimum Gasteiger partial charge on any atom is -0.388 e. The Labute approximate surface area is 103 Å². The van der Waals surface area contributed by atoms with E-state index in [-0.39, 0.29) is 18.1 Å². The number of H-pyrrole nitrogens is 1. The number of nitrogens with zero attached hydrogens (tertiary/aromatic N) is 2. The van der Waals surface area contributed by atoms with Gasteiger partial charge in [-0.1, -0.05) is 0 Å². The Hall–Kier alpha value is -1.99. The van der Waals surface area contributed by atoms with Gasteiger partial charge in [0.05, 0.1) is 11.9 Å². The van der Waals surface area contributed by atoms with Crippen LogP contribution in [0.4, 0.5) is 0 Å². The number of hydrogen-bond donors (Lipinski definition) is 4. The third-order valence-corrected chi connectivity index (χ3v) is 2.51. The van der Waals surface area contributed by atoms with E-state index in [9.17, 15) is 15.0 Å². The number of aromatic nitrogens is 3. The van der Waals surface area contributed by atoms with Gasteiger partial charge in [0.25, 0.3) is 0 Å². The molecule has 2 heterocycles. The van der Waals surface area contributed by atoms with Crippen LogP contribution in [0.15, 0.2) is 18.5 Å². The number of fused-ring (bicyclic) bond motifs is 1. The molecule has 4 N–H and O–H groups in total. The first-order valence-corrected chi connectivity index (χ1v) is 5.48. The fraction of sp³-hybridized carbons (Fsp3) is 0.364. The summed E-state index contributed by atoms with van der Waals surface area (Å²) in [7, 11) is 0. The quantitative estimate of drug-likeness (QED) is 0.584. The van der Waals surface area contributed by atoms with E-state index in [0.717, 1.165) is 0 Å². The number of carbonyl (C=O) groups is 1. The predicted octanol–water partition coefficient (Wildman–Crippen LogP) is -0.512. The van der Waals surface area contributed by atoms with Gasteiger partial charge in [-0.15, -0.1) is 0 Å². The molecule has 2 aromatic rings. The normalized spacial score (nSPS) is 14.4. The molecule has 2 aromatic heterocycles. The van der Waals surface area contributed by atoms with Crippen molar-refractivity contribution in [1.82, 2.24) is 20.3 Å². The second-order valence-corrected chi connectivity index (χ2v) is 3.96. The van der Waals surface area contributed by atoms with Crippen LogP contribution in [0, 0.1) is 0 Å². The fourth-order valence-electron chi connectivity index (χ4n) is 1.54. The lowest BCUT2D eigenvalue weighted by atomic mass is 10.1. The molecule has 7 heteroatoms. The molecule has 0 radical (unpaired) electrons. The van der Waals surface area contributed by atoms with Crippen LogP contribution >= 0.6 is 0 Å². The lowest BCUT2D eigenvalue weighted by molar-refractivity contribution is -0.119. The van der Waals surface area contributed by atoms with Crippen LogP contribution in [0.5, 0.6) is 0 Å². The molecule has 0 aliphatic heterocycles. The molecule has 0 bridgehead atoms. The topological polar surface area (TPSA) is 111 Å². The number of amides is 1. The first kappa shape index (κ1) is 12.5. The monoisotopic (exact) mass is 250 g/mol. The summed E-state index contributed by atoms with van der Waals surface area (Å²) in [6.45, 7) is 1.30. The molecule has 0 aliphatic rings. The maximum Gasteiger partial charge on any atom is 0.216 e. The second-order valence-electron chi connectivity index (χ2n) is 3.96. The number of rotatable bonds is 4. The Morgan fingerprint density at radius 2 is 2.33 bits per heavy atom. The number of nitrogens with one attached hydrogen (secondary N) is 2. The summed E-state index contributed by atoms with van der Waals surface area (Å²) in [5.74, 6) is -0.270. The third-order valence-electron chi connectivity index (χ3n) is 2.51. The standard InChI is InChI=1S/C11H14N4O3/c1-6(16)13-5-9(17)10(18)8-4-14-11-7(15-8)2-3-12-11/h2-4,9-10,17-18H,5H2,1H3,(H,12,14)(H,13,16). The van der Waals surface area contributed by atoms with E-state index >= 15 is 0 Å². The number of aromatic amines is 1. The van der Waals surface area contributed by atoms with Crippen LogP contribution in [0.2, 0.25) is 0 Å². The fourth-order valence-corrected chi connectivity index (χ4v) is 1.54. The van der Waals surface area contributed by atoms with Gasteiger partial charge in [-0.05, 0) is 6.07 Å². The summed E-state index contributed by atoms with van der Waals surface area (Å²) in [5.41, 5.74) is 1.49. The van der Waals surface area contributed by atoms with Crippen LogP contribution in [0.3, 0.4) is 0 Å². The zero-order valence-corrected chi connectivity index (χ0v) is 9.79.